The van der Waals surface area contributed by atoms with Crippen LogP contribution in [0.3, 0.4) is 0 Å². The number of ether oxygens (including phenoxy) is 1. The van der Waals surface area contributed by atoms with E-state index in [4.69, 9.17) is 4.74 Å². The molecule has 0 saturated heterocycles. The third-order valence-corrected chi connectivity index (χ3v) is 4.18. The fourth-order valence-electron chi connectivity index (χ4n) is 2.75. The maximum atomic E-state index is 6.10. The van der Waals surface area contributed by atoms with Crippen molar-refractivity contribution in [1.29, 1.82) is 0 Å². The summed E-state index contributed by atoms with van der Waals surface area (Å²) in [6.45, 7) is 9.54. The summed E-state index contributed by atoms with van der Waals surface area (Å²) >= 11 is 0. The molecule has 1 fully saturated rings. The zero-order chi connectivity index (χ0) is 14.5. The average molecular weight is 276 g/mol. The van der Waals surface area contributed by atoms with Crippen LogP contribution in [0.4, 0.5) is 0 Å². The molecule has 1 saturated carbocycles. The van der Waals surface area contributed by atoms with Crippen LogP contribution in [0.5, 0.6) is 5.88 Å². The van der Waals surface area contributed by atoms with Crippen molar-refractivity contribution in [3.05, 3.63) is 23.4 Å². The molecular formula is C17H28N2O. The highest BCUT2D eigenvalue weighted by Gasteiger charge is 2.23. The van der Waals surface area contributed by atoms with Crippen molar-refractivity contribution < 1.29 is 4.74 Å². The van der Waals surface area contributed by atoms with Crippen LogP contribution in [0.25, 0.3) is 0 Å². The molecule has 3 heteroatoms. The lowest BCUT2D eigenvalue weighted by Gasteiger charge is -2.29. The number of pyridine rings is 1. The Labute approximate surface area is 123 Å². The van der Waals surface area contributed by atoms with E-state index in [1.807, 2.05) is 6.07 Å². The lowest BCUT2D eigenvalue weighted by molar-refractivity contribution is 0.0974. The molecule has 2 atom stereocenters. The molecular weight excluding hydrogens is 248 g/mol. The first-order chi connectivity index (χ1) is 9.56. The molecule has 0 aliphatic heterocycles. The van der Waals surface area contributed by atoms with Gasteiger partial charge in [0.05, 0.1) is 0 Å². The first-order valence-corrected chi connectivity index (χ1v) is 7.93. The van der Waals surface area contributed by atoms with E-state index in [-0.39, 0.29) is 0 Å². The highest BCUT2D eigenvalue weighted by molar-refractivity contribution is 5.25. The Bertz CT molecular complexity index is 431. The molecule has 1 aliphatic rings. The third-order valence-electron chi connectivity index (χ3n) is 4.18. The number of aryl methyl sites for hydroxylation is 1. The van der Waals surface area contributed by atoms with Crippen LogP contribution in [-0.4, -0.2) is 17.1 Å². The molecule has 2 unspecified atom stereocenters. The molecule has 20 heavy (non-hydrogen) atoms. The fourth-order valence-corrected chi connectivity index (χ4v) is 2.75. The van der Waals surface area contributed by atoms with Crippen LogP contribution in [0.15, 0.2) is 12.1 Å². The standard InChI is InChI=1S/C17H28N2O/c1-12(2)18-11-15-9-10-17(19-14(15)4)20-16-8-6-5-7-13(16)3/h9-10,12-13,16,18H,5-8,11H2,1-4H3. The Kier molecular flexibility index (Phi) is 5.41. The molecule has 0 radical (unpaired) electrons. The van der Waals surface area contributed by atoms with Gasteiger partial charge >= 0.3 is 0 Å². The Morgan fingerprint density at radius 3 is 2.70 bits per heavy atom. The lowest BCUT2D eigenvalue weighted by Crippen LogP contribution is -2.28. The second-order valence-electron chi connectivity index (χ2n) is 6.35. The largest absolute Gasteiger partial charge is 0.474 e. The predicted molar refractivity (Wildman–Crippen MR) is 83.0 cm³/mol. The number of rotatable bonds is 5. The van der Waals surface area contributed by atoms with Gasteiger partial charge in [-0.2, -0.15) is 0 Å². The first kappa shape index (κ1) is 15.3. The highest BCUT2D eigenvalue weighted by atomic mass is 16.5. The van der Waals surface area contributed by atoms with Crippen molar-refractivity contribution in [3.63, 3.8) is 0 Å². The van der Waals surface area contributed by atoms with Crippen LogP contribution in [-0.2, 0) is 6.54 Å². The minimum atomic E-state index is 0.343. The van der Waals surface area contributed by atoms with E-state index < -0.39 is 0 Å². The second-order valence-corrected chi connectivity index (χ2v) is 6.35. The van der Waals surface area contributed by atoms with Crippen LogP contribution in [0.2, 0.25) is 0 Å². The Balaban J connectivity index is 1.97. The SMILES string of the molecule is Cc1nc(OC2CCCCC2C)ccc1CNC(C)C. The van der Waals surface area contributed by atoms with E-state index in [2.05, 4.69) is 44.1 Å². The monoisotopic (exact) mass is 276 g/mol. The van der Waals surface area contributed by atoms with E-state index in [0.29, 0.717) is 18.1 Å². The van der Waals surface area contributed by atoms with Gasteiger partial charge in [-0.1, -0.05) is 33.3 Å². The fraction of sp³-hybridized carbons (Fsp3) is 0.706. The number of aromatic nitrogens is 1. The van der Waals surface area contributed by atoms with Gasteiger partial charge in [-0.05, 0) is 37.7 Å². The molecule has 0 aromatic carbocycles. The molecule has 1 aliphatic carbocycles. The average Bonchev–Trinajstić information content (AvgIpc) is 2.40. The summed E-state index contributed by atoms with van der Waals surface area (Å²) in [6, 6.07) is 4.65. The summed E-state index contributed by atoms with van der Waals surface area (Å²) in [6.07, 6.45) is 5.41. The second kappa shape index (κ2) is 7.07. The van der Waals surface area contributed by atoms with Gasteiger partial charge in [-0.3, -0.25) is 0 Å². The van der Waals surface area contributed by atoms with E-state index in [0.717, 1.165) is 18.1 Å². The van der Waals surface area contributed by atoms with Crippen LogP contribution >= 0.6 is 0 Å². The molecule has 0 amide bonds. The number of hydrogen-bond acceptors (Lipinski definition) is 3. The topological polar surface area (TPSA) is 34.1 Å². The summed E-state index contributed by atoms with van der Waals surface area (Å²) in [5, 5.41) is 3.43. The van der Waals surface area contributed by atoms with Gasteiger partial charge in [0.25, 0.3) is 0 Å². The smallest absolute Gasteiger partial charge is 0.213 e. The molecule has 1 aromatic heterocycles. The zero-order valence-electron chi connectivity index (χ0n) is 13.3. The molecule has 3 nitrogen and oxygen atoms in total. The summed E-state index contributed by atoms with van der Waals surface area (Å²) < 4.78 is 6.10. The van der Waals surface area contributed by atoms with Crippen LogP contribution in [0.1, 0.15) is 57.7 Å². The summed E-state index contributed by atoms with van der Waals surface area (Å²) in [7, 11) is 0. The molecule has 0 bridgehead atoms. The highest BCUT2D eigenvalue weighted by Crippen LogP contribution is 2.27. The number of nitrogens with zero attached hydrogens (tertiary/aromatic N) is 1. The maximum absolute atomic E-state index is 6.10. The lowest BCUT2D eigenvalue weighted by atomic mass is 9.88. The molecule has 112 valence electrons. The Morgan fingerprint density at radius 1 is 1.30 bits per heavy atom. The van der Waals surface area contributed by atoms with Crippen molar-refractivity contribution >= 4 is 0 Å². The number of hydrogen-bond donors (Lipinski definition) is 1. The van der Waals surface area contributed by atoms with E-state index in [1.165, 1.54) is 31.2 Å². The van der Waals surface area contributed by atoms with Crippen LogP contribution < -0.4 is 10.1 Å². The molecule has 0 spiro atoms. The molecule has 1 N–H and O–H groups in total. The van der Waals surface area contributed by atoms with Gasteiger partial charge in [0.15, 0.2) is 0 Å². The Hall–Kier alpha value is -1.09. The summed E-state index contributed by atoms with van der Waals surface area (Å²) in [4.78, 5) is 4.62. The summed E-state index contributed by atoms with van der Waals surface area (Å²) in [5.74, 6) is 1.43. The van der Waals surface area contributed by atoms with Gasteiger partial charge < -0.3 is 10.1 Å². The van der Waals surface area contributed by atoms with Gasteiger partial charge in [0.1, 0.15) is 6.10 Å². The Morgan fingerprint density at radius 2 is 2.05 bits per heavy atom. The van der Waals surface area contributed by atoms with Crippen molar-refractivity contribution in [2.24, 2.45) is 5.92 Å². The number of nitrogens with one attached hydrogen (secondary N) is 1. The minimum absolute atomic E-state index is 0.343. The molecule has 2 rings (SSSR count). The third kappa shape index (κ3) is 4.20. The first-order valence-electron chi connectivity index (χ1n) is 7.93. The van der Waals surface area contributed by atoms with Crippen molar-refractivity contribution in [1.82, 2.24) is 10.3 Å². The zero-order valence-corrected chi connectivity index (χ0v) is 13.3. The summed E-state index contributed by atoms with van der Waals surface area (Å²) in [5.41, 5.74) is 2.32. The van der Waals surface area contributed by atoms with Crippen LogP contribution in [0, 0.1) is 12.8 Å². The van der Waals surface area contributed by atoms with E-state index >= 15 is 0 Å². The predicted octanol–water partition coefficient (Wildman–Crippen LogP) is 3.85. The molecule has 1 aromatic rings. The van der Waals surface area contributed by atoms with Gasteiger partial charge in [0, 0.05) is 24.3 Å². The van der Waals surface area contributed by atoms with E-state index in [1.54, 1.807) is 0 Å². The minimum Gasteiger partial charge on any atom is -0.474 e. The van der Waals surface area contributed by atoms with Gasteiger partial charge in [-0.25, -0.2) is 4.98 Å². The quantitative estimate of drug-likeness (QED) is 0.887. The van der Waals surface area contributed by atoms with Crippen molar-refractivity contribution in [2.75, 3.05) is 0 Å². The van der Waals surface area contributed by atoms with Crippen molar-refractivity contribution in [3.8, 4) is 5.88 Å². The molecule has 1 heterocycles. The normalized spacial score (nSPS) is 23.1. The van der Waals surface area contributed by atoms with Gasteiger partial charge in [-0.15, -0.1) is 0 Å². The van der Waals surface area contributed by atoms with Gasteiger partial charge in [0.2, 0.25) is 5.88 Å². The van der Waals surface area contributed by atoms with E-state index in [9.17, 15) is 0 Å². The van der Waals surface area contributed by atoms with Crippen molar-refractivity contribution in [2.45, 2.75) is 72.1 Å². The maximum Gasteiger partial charge on any atom is 0.213 e.